The van der Waals surface area contributed by atoms with Crippen molar-refractivity contribution in [1.29, 1.82) is 0 Å². The first kappa shape index (κ1) is 28.8. The second-order valence-corrected chi connectivity index (χ2v) is 7.40. The van der Waals surface area contributed by atoms with E-state index in [1.54, 1.807) is 32.2 Å². The summed E-state index contributed by atoms with van der Waals surface area (Å²) in [5, 5.41) is 3.45. The molecule has 2 aromatic heterocycles. The molecule has 1 atom stereocenters. The lowest BCUT2D eigenvalue weighted by atomic mass is 10.2. The summed E-state index contributed by atoms with van der Waals surface area (Å²) in [5.74, 6) is 1.14. The quantitative estimate of drug-likeness (QED) is 0.403. The zero-order valence-corrected chi connectivity index (χ0v) is 21.2. The Balaban J connectivity index is 0.00000272. The van der Waals surface area contributed by atoms with Gasteiger partial charge in [0.15, 0.2) is 23.0 Å². The molecule has 180 valence electrons. The number of methoxy groups -OCH3 is 1. The predicted molar refractivity (Wildman–Crippen MR) is 132 cm³/mol. The molecule has 0 spiro atoms. The van der Waals surface area contributed by atoms with Gasteiger partial charge in [-0.1, -0.05) is 23.2 Å². The number of pyridine rings is 1. The first-order valence-corrected chi connectivity index (χ1v) is 10.2. The van der Waals surface area contributed by atoms with Crippen LogP contribution in [0.5, 0.6) is 11.5 Å². The maximum Gasteiger partial charge on any atom is 0.273 e. The minimum atomic E-state index is -0.556. The Morgan fingerprint density at radius 3 is 2.45 bits per heavy atom. The molecule has 0 saturated carbocycles. The summed E-state index contributed by atoms with van der Waals surface area (Å²) in [7, 11) is 1.56. The fourth-order valence-corrected chi connectivity index (χ4v) is 3.36. The van der Waals surface area contributed by atoms with Crippen molar-refractivity contribution in [2.24, 2.45) is 5.73 Å². The maximum absolute atomic E-state index is 12.8. The molecule has 33 heavy (non-hydrogen) atoms. The van der Waals surface area contributed by atoms with E-state index < -0.39 is 11.9 Å². The molecule has 3 rings (SSSR count). The Labute approximate surface area is 214 Å². The van der Waals surface area contributed by atoms with Crippen LogP contribution in [0.15, 0.2) is 35.0 Å². The molecule has 0 fully saturated rings. The summed E-state index contributed by atoms with van der Waals surface area (Å²) in [5.41, 5.74) is 7.26. The highest BCUT2D eigenvalue weighted by molar-refractivity contribution is 6.35. The van der Waals surface area contributed by atoms with Gasteiger partial charge < -0.3 is 24.9 Å². The van der Waals surface area contributed by atoms with Crippen LogP contribution in [0.1, 0.15) is 41.7 Å². The monoisotopic (exact) mass is 536 g/mol. The lowest BCUT2D eigenvalue weighted by Gasteiger charge is -2.09. The predicted octanol–water partition coefficient (Wildman–Crippen LogP) is 5.24. The SMILES string of the molecule is CCOc1cc(-c2nc(C(=O)NCc3c(Cl)cncc3Cl)c([C@H](C)N)o2)ccc1OC.Cl.Cl. The Morgan fingerprint density at radius 2 is 1.88 bits per heavy atom. The van der Waals surface area contributed by atoms with Gasteiger partial charge in [-0.15, -0.1) is 24.8 Å². The summed E-state index contributed by atoms with van der Waals surface area (Å²) < 4.78 is 16.7. The van der Waals surface area contributed by atoms with E-state index in [-0.39, 0.29) is 48.7 Å². The Bertz CT molecular complexity index is 1070. The Kier molecular flexibility index (Phi) is 11.2. The van der Waals surface area contributed by atoms with E-state index >= 15 is 0 Å². The van der Waals surface area contributed by atoms with Crippen LogP contribution < -0.4 is 20.5 Å². The van der Waals surface area contributed by atoms with E-state index in [2.05, 4.69) is 15.3 Å². The summed E-state index contributed by atoms with van der Waals surface area (Å²) in [4.78, 5) is 21.1. The van der Waals surface area contributed by atoms with Gasteiger partial charge >= 0.3 is 0 Å². The number of nitrogens with one attached hydrogen (secondary N) is 1. The van der Waals surface area contributed by atoms with Gasteiger partial charge in [-0.25, -0.2) is 4.98 Å². The molecule has 12 heteroatoms. The van der Waals surface area contributed by atoms with Gasteiger partial charge in [-0.3, -0.25) is 9.78 Å². The van der Waals surface area contributed by atoms with Crippen molar-refractivity contribution >= 4 is 53.9 Å². The molecule has 0 radical (unpaired) electrons. The molecule has 0 saturated heterocycles. The normalized spacial score (nSPS) is 11.1. The van der Waals surface area contributed by atoms with Crippen molar-refractivity contribution in [3.05, 3.63) is 57.7 Å². The van der Waals surface area contributed by atoms with Crippen LogP contribution >= 0.6 is 48.0 Å². The maximum atomic E-state index is 12.8. The number of nitrogens with zero attached hydrogens (tertiary/aromatic N) is 2. The number of hydrogen-bond acceptors (Lipinski definition) is 7. The van der Waals surface area contributed by atoms with Gasteiger partial charge in [-0.2, -0.15) is 0 Å². The van der Waals surface area contributed by atoms with Crippen molar-refractivity contribution < 1.29 is 18.7 Å². The number of benzene rings is 1. The average Bonchev–Trinajstić information content (AvgIpc) is 3.19. The van der Waals surface area contributed by atoms with Gasteiger partial charge in [0.05, 0.1) is 29.8 Å². The molecule has 0 aliphatic rings. The van der Waals surface area contributed by atoms with Crippen molar-refractivity contribution in [1.82, 2.24) is 15.3 Å². The molecule has 3 N–H and O–H groups in total. The summed E-state index contributed by atoms with van der Waals surface area (Å²) in [6, 6.07) is 4.68. The number of oxazole rings is 1. The third kappa shape index (κ3) is 6.65. The van der Waals surface area contributed by atoms with E-state index in [0.29, 0.717) is 39.3 Å². The third-order valence-corrected chi connectivity index (χ3v) is 5.02. The second-order valence-electron chi connectivity index (χ2n) is 6.58. The number of carbonyl (C=O) groups is 1. The minimum Gasteiger partial charge on any atom is -0.493 e. The second kappa shape index (κ2) is 12.9. The molecule has 1 aromatic carbocycles. The van der Waals surface area contributed by atoms with Crippen LogP contribution in [0.25, 0.3) is 11.5 Å². The van der Waals surface area contributed by atoms with E-state index in [1.165, 1.54) is 12.4 Å². The fraction of sp³-hybridized carbons (Fsp3) is 0.286. The third-order valence-electron chi connectivity index (χ3n) is 4.37. The van der Waals surface area contributed by atoms with Gasteiger partial charge in [0, 0.05) is 30.1 Å². The zero-order chi connectivity index (χ0) is 22.5. The Morgan fingerprint density at radius 1 is 1.21 bits per heavy atom. The highest BCUT2D eigenvalue weighted by atomic mass is 35.5. The largest absolute Gasteiger partial charge is 0.493 e. The van der Waals surface area contributed by atoms with Crippen molar-refractivity contribution in [3.8, 4) is 23.0 Å². The molecule has 0 bridgehead atoms. The Hall–Kier alpha value is -2.23. The molecule has 1 amide bonds. The molecule has 2 heterocycles. The van der Waals surface area contributed by atoms with Crippen LogP contribution in [-0.2, 0) is 6.54 Å². The number of nitrogens with two attached hydrogens (primary N) is 1. The number of amides is 1. The number of carbonyl (C=O) groups excluding carboxylic acids is 1. The smallest absolute Gasteiger partial charge is 0.273 e. The van der Waals surface area contributed by atoms with E-state index in [0.717, 1.165) is 0 Å². The lowest BCUT2D eigenvalue weighted by molar-refractivity contribution is 0.0944. The molecule has 0 aliphatic heterocycles. The van der Waals surface area contributed by atoms with Crippen LogP contribution in [0, 0.1) is 0 Å². The van der Waals surface area contributed by atoms with E-state index in [1.807, 2.05) is 6.92 Å². The highest BCUT2D eigenvalue weighted by Gasteiger charge is 2.24. The summed E-state index contributed by atoms with van der Waals surface area (Å²) >= 11 is 12.2. The van der Waals surface area contributed by atoms with Crippen molar-refractivity contribution in [2.75, 3.05) is 13.7 Å². The molecular weight excluding hydrogens is 514 g/mol. The van der Waals surface area contributed by atoms with Gasteiger partial charge in [0.25, 0.3) is 5.91 Å². The zero-order valence-electron chi connectivity index (χ0n) is 18.1. The fourth-order valence-electron chi connectivity index (χ4n) is 2.86. The van der Waals surface area contributed by atoms with E-state index in [9.17, 15) is 4.79 Å². The lowest BCUT2D eigenvalue weighted by Crippen LogP contribution is -2.25. The molecular formula is C21H24Cl4N4O4. The van der Waals surface area contributed by atoms with Gasteiger partial charge in [0.1, 0.15) is 0 Å². The number of halogens is 4. The molecule has 0 unspecified atom stereocenters. The first-order chi connectivity index (χ1) is 14.8. The van der Waals surface area contributed by atoms with Crippen LogP contribution in [0.3, 0.4) is 0 Å². The van der Waals surface area contributed by atoms with Crippen molar-refractivity contribution in [2.45, 2.75) is 26.4 Å². The molecule has 8 nitrogen and oxygen atoms in total. The topological polar surface area (TPSA) is 112 Å². The number of aromatic nitrogens is 2. The minimum absolute atomic E-state index is 0. The van der Waals surface area contributed by atoms with Gasteiger partial charge in [-0.05, 0) is 32.0 Å². The van der Waals surface area contributed by atoms with Crippen LogP contribution in [0.4, 0.5) is 0 Å². The number of hydrogen-bond donors (Lipinski definition) is 2. The van der Waals surface area contributed by atoms with Crippen molar-refractivity contribution in [3.63, 3.8) is 0 Å². The molecule has 0 aliphatic carbocycles. The number of rotatable bonds is 8. The van der Waals surface area contributed by atoms with Crippen LogP contribution in [0.2, 0.25) is 10.0 Å². The standard InChI is InChI=1S/C21H22Cl2N4O4.2ClH/c1-4-30-17-7-12(5-6-16(17)29-3)21-27-18(19(31-21)11(2)24)20(28)26-8-13-14(22)9-25-10-15(13)23;;/h5-7,9-11H,4,8,24H2,1-3H3,(H,26,28);2*1H/t11-;;/m0../s1. The van der Waals surface area contributed by atoms with Gasteiger partial charge in [0.2, 0.25) is 5.89 Å². The molecule has 3 aromatic rings. The van der Waals surface area contributed by atoms with E-state index in [4.69, 9.17) is 42.8 Å². The highest BCUT2D eigenvalue weighted by Crippen LogP contribution is 2.34. The number of ether oxygens (including phenoxy) is 2. The summed E-state index contributed by atoms with van der Waals surface area (Å²) in [6.45, 7) is 4.13. The average molecular weight is 538 g/mol. The van der Waals surface area contributed by atoms with Crippen LogP contribution in [-0.4, -0.2) is 29.6 Å². The first-order valence-electron chi connectivity index (χ1n) is 9.49. The summed E-state index contributed by atoms with van der Waals surface area (Å²) in [6.07, 6.45) is 2.91.